The number of carbonyl (C=O) groups is 2. The van der Waals surface area contributed by atoms with Gasteiger partial charge in [-0.05, 0) is 45.4 Å². The number of amides is 1. The van der Waals surface area contributed by atoms with Crippen molar-refractivity contribution in [1.82, 2.24) is 5.32 Å². The van der Waals surface area contributed by atoms with E-state index in [1.165, 1.54) is 0 Å². The van der Waals surface area contributed by atoms with Crippen LogP contribution in [0.2, 0.25) is 0 Å². The van der Waals surface area contributed by atoms with E-state index in [2.05, 4.69) is 5.32 Å². The summed E-state index contributed by atoms with van der Waals surface area (Å²) in [6, 6.07) is 6.14. The fourth-order valence-corrected chi connectivity index (χ4v) is 3.31. The van der Waals surface area contributed by atoms with Crippen molar-refractivity contribution < 1.29 is 28.0 Å². The SMILES string of the molecule is CCOC(=O)[C@H](C[S@](=O)Cc1cccc(OC)c1)NC(=O)OC(C)(C)C. The molecule has 2 atom stereocenters. The fourth-order valence-electron chi connectivity index (χ4n) is 2.05. The van der Waals surface area contributed by atoms with Gasteiger partial charge in [0.2, 0.25) is 0 Å². The lowest BCUT2D eigenvalue weighted by atomic mass is 10.2. The van der Waals surface area contributed by atoms with Gasteiger partial charge in [-0.25, -0.2) is 9.59 Å². The number of benzene rings is 1. The maximum Gasteiger partial charge on any atom is 0.408 e. The van der Waals surface area contributed by atoms with Gasteiger partial charge in [0.25, 0.3) is 0 Å². The first-order chi connectivity index (χ1) is 12.1. The third kappa shape index (κ3) is 8.33. The molecule has 0 aliphatic carbocycles. The second-order valence-corrected chi connectivity index (χ2v) is 8.05. The molecule has 7 nitrogen and oxygen atoms in total. The van der Waals surface area contributed by atoms with Crippen LogP contribution in [0.4, 0.5) is 4.79 Å². The highest BCUT2D eigenvalue weighted by molar-refractivity contribution is 7.84. The molecule has 0 unspecified atom stereocenters. The monoisotopic (exact) mass is 385 g/mol. The molecule has 0 aliphatic heterocycles. The van der Waals surface area contributed by atoms with Crippen molar-refractivity contribution in [3.05, 3.63) is 29.8 Å². The van der Waals surface area contributed by atoms with Crippen molar-refractivity contribution in [1.29, 1.82) is 0 Å². The zero-order valence-electron chi connectivity index (χ0n) is 15.9. The first-order valence-electron chi connectivity index (χ1n) is 8.28. The number of alkyl carbamates (subject to hydrolysis) is 1. The molecule has 1 aromatic rings. The van der Waals surface area contributed by atoms with Crippen molar-refractivity contribution in [2.75, 3.05) is 19.5 Å². The van der Waals surface area contributed by atoms with Gasteiger partial charge in [0.05, 0.1) is 19.5 Å². The largest absolute Gasteiger partial charge is 0.497 e. The molecule has 0 radical (unpaired) electrons. The Balaban J connectivity index is 2.75. The summed E-state index contributed by atoms with van der Waals surface area (Å²) in [5, 5.41) is 2.44. The highest BCUT2D eigenvalue weighted by atomic mass is 32.2. The van der Waals surface area contributed by atoms with Crippen LogP contribution in [0.5, 0.6) is 5.75 Å². The van der Waals surface area contributed by atoms with Gasteiger partial charge in [-0.1, -0.05) is 12.1 Å². The Hall–Kier alpha value is -2.09. The maximum atomic E-state index is 12.5. The lowest BCUT2D eigenvalue weighted by Gasteiger charge is -2.22. The average Bonchev–Trinajstić information content (AvgIpc) is 2.52. The zero-order chi connectivity index (χ0) is 19.7. The Morgan fingerprint density at radius 2 is 1.96 bits per heavy atom. The number of esters is 1. The summed E-state index contributed by atoms with van der Waals surface area (Å²) in [7, 11) is 0.151. The van der Waals surface area contributed by atoms with Gasteiger partial charge in [-0.3, -0.25) is 4.21 Å². The zero-order valence-corrected chi connectivity index (χ0v) is 16.7. The molecule has 0 bridgehead atoms. The van der Waals surface area contributed by atoms with E-state index in [0.29, 0.717) is 5.75 Å². The lowest BCUT2D eigenvalue weighted by molar-refractivity contribution is -0.145. The van der Waals surface area contributed by atoms with Crippen molar-refractivity contribution in [3.8, 4) is 5.75 Å². The maximum absolute atomic E-state index is 12.5. The van der Waals surface area contributed by atoms with Crippen LogP contribution in [0.15, 0.2) is 24.3 Å². The van der Waals surface area contributed by atoms with Crippen molar-refractivity contribution in [3.63, 3.8) is 0 Å². The molecule has 0 spiro atoms. The minimum atomic E-state index is -1.40. The van der Waals surface area contributed by atoms with Gasteiger partial charge in [-0.2, -0.15) is 0 Å². The molecule has 26 heavy (non-hydrogen) atoms. The highest BCUT2D eigenvalue weighted by Gasteiger charge is 2.27. The first-order valence-corrected chi connectivity index (χ1v) is 9.77. The van der Waals surface area contributed by atoms with E-state index in [9.17, 15) is 13.8 Å². The van der Waals surface area contributed by atoms with Crippen molar-refractivity contribution in [2.24, 2.45) is 0 Å². The fraction of sp³-hybridized carbons (Fsp3) is 0.556. The quantitative estimate of drug-likeness (QED) is 0.691. The summed E-state index contributed by atoms with van der Waals surface area (Å²) in [6.45, 7) is 6.97. The molecule has 1 amide bonds. The van der Waals surface area contributed by atoms with Crippen LogP contribution in [-0.4, -0.2) is 47.4 Å². The summed E-state index contributed by atoms with van der Waals surface area (Å²) in [6.07, 6.45) is -0.756. The van der Waals surface area contributed by atoms with Crippen LogP contribution >= 0.6 is 0 Å². The Labute approximate surface area is 156 Å². The normalized spacial score (nSPS) is 13.4. The molecular weight excluding hydrogens is 358 g/mol. The van der Waals surface area contributed by atoms with Crippen LogP contribution in [-0.2, 0) is 30.8 Å². The molecular formula is C18H27NO6S. The van der Waals surface area contributed by atoms with E-state index < -0.39 is 34.5 Å². The predicted octanol–water partition coefficient (Wildman–Crippen LogP) is 2.40. The first kappa shape index (κ1) is 22.0. The Kier molecular flexibility index (Phi) is 8.57. The second-order valence-electron chi connectivity index (χ2n) is 6.55. The Bertz CT molecular complexity index is 641. The summed E-state index contributed by atoms with van der Waals surface area (Å²) in [4.78, 5) is 24.0. The number of rotatable bonds is 8. The van der Waals surface area contributed by atoms with E-state index in [1.807, 2.05) is 6.07 Å². The van der Waals surface area contributed by atoms with Crippen LogP contribution in [0.1, 0.15) is 33.3 Å². The van der Waals surface area contributed by atoms with Crippen LogP contribution in [0, 0.1) is 0 Å². The molecule has 0 fully saturated rings. The number of hydrogen-bond acceptors (Lipinski definition) is 6. The van der Waals surface area contributed by atoms with Gasteiger partial charge in [0.15, 0.2) is 0 Å². The number of carbonyl (C=O) groups excluding carboxylic acids is 2. The van der Waals surface area contributed by atoms with Gasteiger partial charge < -0.3 is 19.5 Å². The van der Waals surface area contributed by atoms with E-state index in [0.717, 1.165) is 5.56 Å². The third-order valence-corrected chi connectivity index (χ3v) is 4.44. The van der Waals surface area contributed by atoms with E-state index in [-0.39, 0.29) is 18.1 Å². The van der Waals surface area contributed by atoms with Crippen LogP contribution in [0.3, 0.4) is 0 Å². The summed E-state index contributed by atoms with van der Waals surface area (Å²) < 4.78 is 27.7. The Morgan fingerprint density at radius 1 is 1.27 bits per heavy atom. The molecule has 0 saturated heterocycles. The molecule has 0 heterocycles. The number of nitrogens with one attached hydrogen (secondary N) is 1. The van der Waals surface area contributed by atoms with E-state index >= 15 is 0 Å². The molecule has 0 aromatic heterocycles. The summed E-state index contributed by atoms with van der Waals surface area (Å²) in [5.41, 5.74) is 0.103. The minimum absolute atomic E-state index is 0.0741. The second kappa shape index (κ2) is 10.2. The smallest absolute Gasteiger partial charge is 0.408 e. The summed E-state index contributed by atoms with van der Waals surface area (Å²) >= 11 is 0. The molecule has 146 valence electrons. The Morgan fingerprint density at radius 3 is 2.54 bits per heavy atom. The summed E-state index contributed by atoms with van der Waals surface area (Å²) in [5.74, 6) is 0.170. The van der Waals surface area contributed by atoms with Gasteiger partial charge >= 0.3 is 12.1 Å². The molecule has 1 rings (SSSR count). The third-order valence-electron chi connectivity index (χ3n) is 3.08. The number of ether oxygens (including phenoxy) is 3. The molecule has 8 heteroatoms. The molecule has 0 aliphatic rings. The van der Waals surface area contributed by atoms with Gasteiger partial charge in [0.1, 0.15) is 17.4 Å². The predicted molar refractivity (Wildman–Crippen MR) is 99.5 cm³/mol. The minimum Gasteiger partial charge on any atom is -0.497 e. The molecule has 1 aromatic carbocycles. The number of methoxy groups -OCH3 is 1. The number of hydrogen-bond donors (Lipinski definition) is 1. The average molecular weight is 385 g/mol. The van der Waals surface area contributed by atoms with Gasteiger partial charge in [0, 0.05) is 16.6 Å². The standard InChI is InChI=1S/C18H27NO6S/c1-6-24-16(20)15(19-17(21)25-18(2,3)4)12-26(22)11-13-8-7-9-14(10-13)23-5/h7-10,15H,6,11-12H2,1-5H3,(H,19,21)/t15-,26+/m0/s1. The molecule has 1 N–H and O–H groups in total. The van der Waals surface area contributed by atoms with Gasteiger partial charge in [-0.15, -0.1) is 0 Å². The van der Waals surface area contributed by atoms with Crippen LogP contribution < -0.4 is 10.1 Å². The van der Waals surface area contributed by atoms with Crippen molar-refractivity contribution >= 4 is 22.9 Å². The topological polar surface area (TPSA) is 90.9 Å². The van der Waals surface area contributed by atoms with Crippen LogP contribution in [0.25, 0.3) is 0 Å². The highest BCUT2D eigenvalue weighted by Crippen LogP contribution is 2.14. The lowest BCUT2D eigenvalue weighted by Crippen LogP contribution is -2.47. The van der Waals surface area contributed by atoms with E-state index in [4.69, 9.17) is 14.2 Å². The van der Waals surface area contributed by atoms with Crippen molar-refractivity contribution in [2.45, 2.75) is 45.1 Å². The van der Waals surface area contributed by atoms with E-state index in [1.54, 1.807) is 53.0 Å². The molecule has 0 saturated carbocycles.